The van der Waals surface area contributed by atoms with Crippen LogP contribution in [0.5, 0.6) is 0 Å². The summed E-state index contributed by atoms with van der Waals surface area (Å²) in [6, 6.07) is 0. The van der Waals surface area contributed by atoms with Gasteiger partial charge in [-0.05, 0) is 19.3 Å². The largest absolute Gasteiger partial charge is 0.356 e. The highest BCUT2D eigenvalue weighted by Gasteiger charge is 2.11. The Morgan fingerprint density at radius 3 is 0.891 bits per heavy atom. The highest BCUT2D eigenvalue weighted by Crippen LogP contribution is 2.12. The van der Waals surface area contributed by atoms with Gasteiger partial charge >= 0.3 is 0 Å². The molecule has 0 saturated heterocycles. The number of hydrogen-bond acceptors (Lipinski definition) is 5. The molecule has 0 unspecified atom stereocenters. The zero-order valence-corrected chi connectivity index (χ0v) is 37.2. The number of amides is 3. The maximum Gasteiger partial charge on any atom is 0.221 e. The fraction of sp³-hybridized carbons (Fsp3) is 0.936. The van der Waals surface area contributed by atoms with Gasteiger partial charge in [0.25, 0.3) is 0 Å². The molecule has 0 radical (unpaired) electrons. The fourth-order valence-electron chi connectivity index (χ4n) is 7.20. The summed E-state index contributed by atoms with van der Waals surface area (Å²) in [6.07, 6.45) is 40.1. The molecule has 0 heterocycles. The van der Waals surface area contributed by atoms with Crippen molar-refractivity contribution in [2.75, 3.05) is 52.4 Å². The Labute approximate surface area is 342 Å². The minimum absolute atomic E-state index is 0.0957. The molecule has 326 valence electrons. The monoisotopic (exact) mass is 778 g/mol. The van der Waals surface area contributed by atoms with Crippen molar-refractivity contribution in [1.82, 2.24) is 26.2 Å². The van der Waals surface area contributed by atoms with Crippen molar-refractivity contribution in [2.24, 2.45) is 0 Å². The Kier molecular flexibility index (Phi) is 43.7. The van der Waals surface area contributed by atoms with Gasteiger partial charge in [0.2, 0.25) is 17.7 Å². The molecule has 0 aromatic rings. The van der Waals surface area contributed by atoms with Crippen molar-refractivity contribution in [3.05, 3.63) is 0 Å². The Morgan fingerprint density at radius 2 is 0.582 bits per heavy atom. The van der Waals surface area contributed by atoms with Crippen molar-refractivity contribution in [3.8, 4) is 0 Å². The minimum Gasteiger partial charge on any atom is -0.356 e. The third kappa shape index (κ3) is 43.3. The van der Waals surface area contributed by atoms with Gasteiger partial charge < -0.3 is 26.2 Å². The van der Waals surface area contributed by atoms with E-state index >= 15 is 0 Å². The first-order valence-electron chi connectivity index (χ1n) is 24.3. The van der Waals surface area contributed by atoms with E-state index in [2.05, 4.69) is 46.9 Å². The van der Waals surface area contributed by atoms with Crippen LogP contribution in [0.25, 0.3) is 0 Å². The summed E-state index contributed by atoms with van der Waals surface area (Å²) in [5.74, 6) is 0.301. The van der Waals surface area contributed by atoms with E-state index in [0.29, 0.717) is 38.9 Å². The molecular formula is C47H95N5O3. The van der Waals surface area contributed by atoms with Crippen LogP contribution in [0.15, 0.2) is 0 Å². The molecule has 0 bridgehead atoms. The van der Waals surface area contributed by atoms with Gasteiger partial charge in [0.15, 0.2) is 0 Å². The second-order valence-corrected chi connectivity index (χ2v) is 16.4. The second kappa shape index (κ2) is 45.0. The Morgan fingerprint density at radius 1 is 0.309 bits per heavy atom. The molecule has 0 spiro atoms. The molecule has 4 N–H and O–H groups in total. The average molecular weight is 778 g/mol. The number of nitrogens with one attached hydrogen (secondary N) is 4. The van der Waals surface area contributed by atoms with E-state index < -0.39 is 0 Å². The summed E-state index contributed by atoms with van der Waals surface area (Å²) in [5.41, 5.74) is 0. The molecule has 0 aliphatic heterocycles. The first kappa shape index (κ1) is 53.3. The van der Waals surface area contributed by atoms with Gasteiger partial charge in [-0.25, -0.2) is 0 Å². The van der Waals surface area contributed by atoms with Crippen molar-refractivity contribution >= 4 is 17.7 Å². The van der Waals surface area contributed by atoms with Gasteiger partial charge in [-0.15, -0.1) is 0 Å². The molecule has 8 nitrogen and oxygen atoms in total. The molecule has 3 amide bonds. The third-order valence-corrected chi connectivity index (χ3v) is 11.0. The van der Waals surface area contributed by atoms with Crippen molar-refractivity contribution in [2.45, 2.75) is 233 Å². The van der Waals surface area contributed by atoms with Gasteiger partial charge in [0.05, 0.1) is 0 Å². The summed E-state index contributed by atoms with van der Waals surface area (Å²) in [7, 11) is 0. The lowest BCUT2D eigenvalue weighted by Crippen LogP contribution is -2.38. The van der Waals surface area contributed by atoms with E-state index in [4.69, 9.17) is 0 Å². The SMILES string of the molecule is CCCCCCCCCCCCNC(=O)CCNCCN(CCC(=O)NCCCCCCCCCCCC)CCC(=O)NCCCCCCCCCCCC. The number of rotatable bonds is 45. The predicted octanol–water partition coefficient (Wildman–Crippen LogP) is 11.2. The normalized spacial score (nSPS) is 11.3. The first-order chi connectivity index (χ1) is 27.0. The average Bonchev–Trinajstić information content (AvgIpc) is 3.18. The maximum absolute atomic E-state index is 12.7. The van der Waals surface area contributed by atoms with Crippen LogP contribution in [-0.4, -0.2) is 75.0 Å². The molecule has 0 saturated carbocycles. The van der Waals surface area contributed by atoms with Crippen LogP contribution in [0.4, 0.5) is 0 Å². The quantitative estimate of drug-likeness (QED) is 0.0461. The molecule has 8 heteroatoms. The lowest BCUT2D eigenvalue weighted by atomic mass is 10.1. The lowest BCUT2D eigenvalue weighted by molar-refractivity contribution is -0.122. The standard InChI is InChI=1S/C47H95N5O3/c1-4-7-10-13-16-19-22-25-28-31-37-49-45(53)34-40-48-41-44-52(42-35-46(54)50-38-32-29-26-23-20-17-14-11-8-5-2)43-36-47(55)51-39-33-30-27-24-21-18-15-12-9-6-3/h48H,4-44H2,1-3H3,(H,49,53)(H,50,54)(H,51,55). The molecule has 0 fully saturated rings. The zero-order chi connectivity index (χ0) is 40.1. The highest BCUT2D eigenvalue weighted by molar-refractivity contribution is 5.77. The van der Waals surface area contributed by atoms with Gasteiger partial charge in [-0.1, -0.05) is 194 Å². The second-order valence-electron chi connectivity index (χ2n) is 16.4. The summed E-state index contributed by atoms with van der Waals surface area (Å²) < 4.78 is 0. The van der Waals surface area contributed by atoms with E-state index in [9.17, 15) is 14.4 Å². The molecule has 0 aromatic heterocycles. The lowest BCUT2D eigenvalue weighted by Gasteiger charge is -2.22. The van der Waals surface area contributed by atoms with E-state index in [1.54, 1.807) is 0 Å². The van der Waals surface area contributed by atoms with Crippen LogP contribution >= 0.6 is 0 Å². The zero-order valence-electron chi connectivity index (χ0n) is 37.2. The molecule has 0 aliphatic rings. The molecular weight excluding hydrogens is 683 g/mol. The summed E-state index contributed by atoms with van der Waals surface area (Å²) >= 11 is 0. The van der Waals surface area contributed by atoms with Crippen molar-refractivity contribution < 1.29 is 14.4 Å². The van der Waals surface area contributed by atoms with Gasteiger partial charge in [0, 0.05) is 71.6 Å². The number of carbonyl (C=O) groups excluding carboxylic acids is 3. The minimum atomic E-state index is 0.0957. The first-order valence-corrected chi connectivity index (χ1v) is 24.3. The Bertz CT molecular complexity index is 784. The van der Waals surface area contributed by atoms with E-state index in [1.165, 1.54) is 173 Å². The van der Waals surface area contributed by atoms with E-state index in [1.807, 2.05) is 0 Å². The van der Waals surface area contributed by atoms with Crippen molar-refractivity contribution in [3.63, 3.8) is 0 Å². The van der Waals surface area contributed by atoms with E-state index in [0.717, 1.165) is 52.0 Å². The number of nitrogens with zero attached hydrogens (tertiary/aromatic N) is 1. The maximum atomic E-state index is 12.7. The number of carbonyl (C=O) groups is 3. The van der Waals surface area contributed by atoms with Crippen LogP contribution in [0.2, 0.25) is 0 Å². The van der Waals surface area contributed by atoms with Crippen LogP contribution in [0.1, 0.15) is 233 Å². The summed E-state index contributed by atoms with van der Waals surface area (Å²) in [5, 5.41) is 12.7. The van der Waals surface area contributed by atoms with E-state index in [-0.39, 0.29) is 17.7 Å². The smallest absolute Gasteiger partial charge is 0.221 e. The van der Waals surface area contributed by atoms with Gasteiger partial charge in [0.1, 0.15) is 0 Å². The molecule has 0 aliphatic carbocycles. The van der Waals surface area contributed by atoms with Crippen molar-refractivity contribution in [1.29, 1.82) is 0 Å². The topological polar surface area (TPSA) is 103 Å². The Hall–Kier alpha value is -1.67. The summed E-state index contributed by atoms with van der Waals surface area (Å²) in [6.45, 7) is 12.4. The van der Waals surface area contributed by atoms with Crippen LogP contribution < -0.4 is 21.3 Å². The third-order valence-electron chi connectivity index (χ3n) is 11.0. The number of hydrogen-bond donors (Lipinski definition) is 4. The predicted molar refractivity (Wildman–Crippen MR) is 238 cm³/mol. The number of unbranched alkanes of at least 4 members (excludes halogenated alkanes) is 27. The molecule has 55 heavy (non-hydrogen) atoms. The van der Waals surface area contributed by atoms with Crippen LogP contribution in [0.3, 0.4) is 0 Å². The van der Waals surface area contributed by atoms with Crippen LogP contribution in [0, 0.1) is 0 Å². The molecule has 0 rings (SSSR count). The van der Waals surface area contributed by atoms with Crippen LogP contribution in [-0.2, 0) is 14.4 Å². The fourth-order valence-corrected chi connectivity index (χ4v) is 7.20. The molecule has 0 atom stereocenters. The van der Waals surface area contributed by atoms with Gasteiger partial charge in [-0.2, -0.15) is 0 Å². The highest BCUT2D eigenvalue weighted by atomic mass is 16.2. The Balaban J connectivity index is 4.27. The molecule has 0 aromatic carbocycles. The summed E-state index contributed by atoms with van der Waals surface area (Å²) in [4.78, 5) is 39.9. The van der Waals surface area contributed by atoms with Gasteiger partial charge in [-0.3, -0.25) is 14.4 Å².